The van der Waals surface area contributed by atoms with Gasteiger partial charge in [0.05, 0.1) is 0 Å². The zero-order valence-electron chi connectivity index (χ0n) is 23.1. The summed E-state index contributed by atoms with van der Waals surface area (Å²) in [6.45, 7) is 2.38. The minimum atomic E-state index is -3.67. The normalized spacial score (nSPS) is 15.3. The van der Waals surface area contributed by atoms with Crippen LogP contribution in [-0.4, -0.2) is 6.88 Å². The molecule has 0 atom stereocenters. The SMILES string of the molecule is Cl.Cl.[CH3][Zr]([CH3])(=[SiH2])([C]1=C(c2ccccc2)C=C(c2ccccc2)C1)[C]1=C(c2ccccc2)C=C(c2ccccc2)C1. The van der Waals surface area contributed by atoms with Crippen molar-refractivity contribution in [2.75, 3.05) is 0 Å². The summed E-state index contributed by atoms with van der Waals surface area (Å²) < 4.78 is 8.78. The van der Waals surface area contributed by atoms with Crippen LogP contribution in [0.25, 0.3) is 22.3 Å². The molecule has 0 nitrogen and oxygen atoms in total. The van der Waals surface area contributed by atoms with E-state index in [1.165, 1.54) is 44.5 Å². The number of allylic oxidation sites excluding steroid dienone is 8. The van der Waals surface area contributed by atoms with Gasteiger partial charge in [0.15, 0.2) is 0 Å². The number of benzene rings is 4. The molecule has 40 heavy (non-hydrogen) atoms. The number of halogens is 2. The molecule has 0 N–H and O–H groups in total. The fourth-order valence-corrected chi connectivity index (χ4v) is 19.9. The van der Waals surface area contributed by atoms with E-state index < -0.39 is 17.4 Å². The maximum absolute atomic E-state index is 3.67. The van der Waals surface area contributed by atoms with Gasteiger partial charge in [-0.2, -0.15) is 0 Å². The zero-order chi connectivity index (χ0) is 26.2. The molecule has 0 bridgehead atoms. The number of hydrogen-bond donors (Lipinski definition) is 0. The zero-order valence-corrected chi connectivity index (χ0v) is 28.6. The van der Waals surface area contributed by atoms with Crippen LogP contribution in [0.15, 0.2) is 140 Å². The Morgan fingerprint density at radius 1 is 0.450 bits per heavy atom. The van der Waals surface area contributed by atoms with Crippen molar-refractivity contribution in [1.82, 2.24) is 0 Å². The Kier molecular flexibility index (Phi) is 9.28. The molecule has 2 aliphatic carbocycles. The average Bonchev–Trinajstić information content (AvgIpc) is 3.63. The summed E-state index contributed by atoms with van der Waals surface area (Å²) in [5.41, 5.74) is 11.2. The number of rotatable bonds is 6. The van der Waals surface area contributed by atoms with Crippen LogP contribution >= 0.6 is 24.8 Å². The molecule has 0 saturated heterocycles. The fraction of sp³-hybridized carbons (Fsp3) is 0.111. The standard InChI is InChI=1S/2C17H13.2CH3.2ClH.H2Si.Zr/c2*1-3-7-14(8-4-1)16-11-12-17(13-16)15-9-5-2-6-10-15;;;;;;/h2*1-10,13H,11H2;2*1H3;2*1H;1H2;. The second kappa shape index (κ2) is 12.2. The van der Waals surface area contributed by atoms with Crippen molar-refractivity contribution >= 4 is 54.0 Å². The Hall–Kier alpha value is -2.48. The monoisotopic (exact) mass is 656 g/mol. The molecule has 2 aliphatic rings. The molecule has 202 valence electrons. The molecule has 0 unspecified atom stereocenters. The Balaban J connectivity index is 0.00000185. The van der Waals surface area contributed by atoms with E-state index in [0.29, 0.717) is 0 Å². The first kappa shape index (κ1) is 30.5. The van der Waals surface area contributed by atoms with Crippen LogP contribution < -0.4 is 0 Å². The predicted octanol–water partition coefficient (Wildman–Crippen LogP) is 9.96. The quantitative estimate of drug-likeness (QED) is 0.181. The van der Waals surface area contributed by atoms with E-state index in [1.54, 1.807) is 6.56 Å². The van der Waals surface area contributed by atoms with Gasteiger partial charge in [0, 0.05) is 0 Å². The van der Waals surface area contributed by atoms with E-state index in [4.69, 9.17) is 0 Å². The molecule has 0 aliphatic heterocycles. The summed E-state index contributed by atoms with van der Waals surface area (Å²) in [4.78, 5) is 0. The third-order valence-corrected chi connectivity index (χ3v) is 25.2. The van der Waals surface area contributed by atoms with Gasteiger partial charge in [-0.05, 0) is 0 Å². The van der Waals surface area contributed by atoms with Gasteiger partial charge in [-0.1, -0.05) is 0 Å². The molecule has 0 fully saturated rings. The van der Waals surface area contributed by atoms with Gasteiger partial charge in [-0.25, -0.2) is 0 Å². The second-order valence-corrected chi connectivity index (χ2v) is 40.3. The van der Waals surface area contributed by atoms with Gasteiger partial charge >= 0.3 is 231 Å². The average molecular weight is 659 g/mol. The van der Waals surface area contributed by atoms with Crippen molar-refractivity contribution in [3.63, 3.8) is 0 Å². The summed E-state index contributed by atoms with van der Waals surface area (Å²) in [7, 11) is 0. The number of hydrogen-bond acceptors (Lipinski definition) is 0. The molecular formula is C36H36Cl2SiZr. The third kappa shape index (κ3) is 5.79. The van der Waals surface area contributed by atoms with Crippen LogP contribution in [0.1, 0.15) is 35.1 Å². The van der Waals surface area contributed by atoms with Gasteiger partial charge in [0.2, 0.25) is 0 Å². The predicted molar refractivity (Wildman–Crippen MR) is 180 cm³/mol. The molecule has 0 amide bonds. The summed E-state index contributed by atoms with van der Waals surface area (Å²) >= 11 is -3.67. The topological polar surface area (TPSA) is 0 Å². The molecule has 4 heteroatoms. The van der Waals surface area contributed by atoms with Crippen molar-refractivity contribution < 1.29 is 17.4 Å². The van der Waals surface area contributed by atoms with Gasteiger partial charge < -0.3 is 0 Å². The third-order valence-electron chi connectivity index (χ3n) is 8.42. The van der Waals surface area contributed by atoms with Crippen molar-refractivity contribution in [2.45, 2.75) is 22.1 Å². The molecule has 0 aromatic heterocycles. The van der Waals surface area contributed by atoms with Gasteiger partial charge in [0.1, 0.15) is 0 Å². The first-order chi connectivity index (χ1) is 18.4. The summed E-state index contributed by atoms with van der Waals surface area (Å²) in [5, 5.41) is 0. The second-order valence-electron chi connectivity index (χ2n) is 11.6. The van der Waals surface area contributed by atoms with E-state index >= 15 is 0 Å². The Labute approximate surface area is 253 Å². The molecule has 6 rings (SSSR count). The van der Waals surface area contributed by atoms with Crippen molar-refractivity contribution in [2.24, 2.45) is 0 Å². The van der Waals surface area contributed by atoms with E-state index in [9.17, 15) is 0 Å². The first-order valence-electron chi connectivity index (χ1n) is 13.6. The molecule has 0 heterocycles. The summed E-state index contributed by atoms with van der Waals surface area (Å²) in [6.07, 6.45) is 7.08. The molecular weight excluding hydrogens is 623 g/mol. The van der Waals surface area contributed by atoms with E-state index in [1.807, 2.05) is 0 Å². The van der Waals surface area contributed by atoms with Crippen LogP contribution in [0.3, 0.4) is 0 Å². The molecule has 4 aromatic carbocycles. The Bertz CT molecular complexity index is 1570. The molecule has 0 radical (unpaired) electrons. The fourth-order valence-electron chi connectivity index (χ4n) is 6.23. The first-order valence-corrected chi connectivity index (χ1v) is 26.9. The Morgan fingerprint density at radius 3 is 1.02 bits per heavy atom. The molecule has 0 spiro atoms. The van der Waals surface area contributed by atoms with Crippen LogP contribution in [0.5, 0.6) is 0 Å². The van der Waals surface area contributed by atoms with Crippen LogP contribution in [0.4, 0.5) is 0 Å². The van der Waals surface area contributed by atoms with Crippen LogP contribution in [0, 0.1) is 0 Å². The molecule has 0 saturated carbocycles. The minimum absolute atomic E-state index is 0. The van der Waals surface area contributed by atoms with Crippen LogP contribution in [-0.2, 0) is 17.4 Å². The van der Waals surface area contributed by atoms with Crippen molar-refractivity contribution in [3.05, 3.63) is 162 Å². The van der Waals surface area contributed by atoms with Crippen molar-refractivity contribution in [3.8, 4) is 0 Å². The van der Waals surface area contributed by atoms with E-state index in [0.717, 1.165) is 12.8 Å². The Morgan fingerprint density at radius 2 is 0.725 bits per heavy atom. The van der Waals surface area contributed by atoms with Gasteiger partial charge in [0.25, 0.3) is 0 Å². The van der Waals surface area contributed by atoms with Gasteiger partial charge in [-0.15, -0.1) is 24.8 Å². The van der Waals surface area contributed by atoms with Gasteiger partial charge in [-0.3, -0.25) is 0 Å². The molecule has 4 aromatic rings. The summed E-state index contributed by atoms with van der Waals surface area (Å²) in [6, 6.07) is 44.1. The summed E-state index contributed by atoms with van der Waals surface area (Å²) in [5.74, 6) is 0. The van der Waals surface area contributed by atoms with Crippen molar-refractivity contribution in [1.29, 1.82) is 0 Å². The maximum atomic E-state index is 2.68. The van der Waals surface area contributed by atoms with Crippen LogP contribution in [0.2, 0.25) is 9.26 Å². The van der Waals surface area contributed by atoms with E-state index in [2.05, 4.69) is 150 Å². The van der Waals surface area contributed by atoms with E-state index in [-0.39, 0.29) is 24.8 Å².